The largest absolute Gasteiger partial charge is 0.495 e. The second-order valence-electron chi connectivity index (χ2n) is 13.2. The van der Waals surface area contributed by atoms with E-state index in [0.29, 0.717) is 29.5 Å². The molecule has 0 bridgehead atoms. The van der Waals surface area contributed by atoms with Crippen LogP contribution in [0.1, 0.15) is 79.9 Å². The standard InChI is InChI=1S/C34H40ClFN4O3/c1-18(2)19-10-12-22-25(14-19)38-17-34(22)27(16-33(3,4)5)40-30(28(34)21-8-7-9-23(35)29(21)36)32(42)39-24-13-11-20(31(37)41)15-26(24)43-6/h7-15,18,27-28,30,38,40H,16-17H2,1-6H3,(H2,37,41)(H,39,42)/t27-,28-,30+,34-/m0/s1. The third kappa shape index (κ3) is 5.58. The van der Waals surface area contributed by atoms with E-state index in [9.17, 15) is 9.59 Å². The third-order valence-corrected chi connectivity index (χ3v) is 9.13. The van der Waals surface area contributed by atoms with Crippen LogP contribution in [0, 0.1) is 11.2 Å². The van der Waals surface area contributed by atoms with Gasteiger partial charge in [-0.2, -0.15) is 0 Å². The maximum absolute atomic E-state index is 16.0. The van der Waals surface area contributed by atoms with Gasteiger partial charge in [0, 0.05) is 35.2 Å². The highest BCUT2D eigenvalue weighted by Crippen LogP contribution is 2.56. The fourth-order valence-electron chi connectivity index (χ4n) is 6.83. The molecule has 1 saturated heterocycles. The van der Waals surface area contributed by atoms with Gasteiger partial charge in [0.15, 0.2) is 0 Å². The minimum absolute atomic E-state index is 0.0103. The van der Waals surface area contributed by atoms with E-state index in [0.717, 1.165) is 17.7 Å². The van der Waals surface area contributed by atoms with E-state index in [1.54, 1.807) is 18.2 Å². The fourth-order valence-corrected chi connectivity index (χ4v) is 7.01. The molecule has 0 radical (unpaired) electrons. The van der Waals surface area contributed by atoms with Crippen molar-refractivity contribution in [2.75, 3.05) is 24.3 Å². The molecular formula is C34H40ClFN4O3. The Kier molecular flexibility index (Phi) is 8.22. The van der Waals surface area contributed by atoms with Crippen molar-refractivity contribution in [3.63, 3.8) is 0 Å². The van der Waals surface area contributed by atoms with Crippen LogP contribution >= 0.6 is 11.6 Å². The number of carbonyl (C=O) groups excluding carboxylic acids is 2. The van der Waals surface area contributed by atoms with E-state index in [1.807, 2.05) is 0 Å². The number of carbonyl (C=O) groups is 2. The lowest BCUT2D eigenvalue weighted by Gasteiger charge is -2.39. The van der Waals surface area contributed by atoms with Gasteiger partial charge in [0.25, 0.3) is 0 Å². The SMILES string of the molecule is COc1cc(C(N)=O)ccc1NC(=O)[C@@H]1N[C@@H](CC(C)(C)C)[C@@]2(CNc3cc(C(C)C)ccc32)[C@H]1c1cccc(Cl)c1F. The molecule has 5 rings (SSSR count). The smallest absolute Gasteiger partial charge is 0.248 e. The Labute approximate surface area is 257 Å². The summed E-state index contributed by atoms with van der Waals surface area (Å²) < 4.78 is 21.5. The molecule has 43 heavy (non-hydrogen) atoms. The minimum Gasteiger partial charge on any atom is -0.495 e. The number of nitrogens with one attached hydrogen (secondary N) is 3. The Hall–Kier alpha value is -3.62. The van der Waals surface area contributed by atoms with E-state index in [2.05, 4.69) is 68.8 Å². The summed E-state index contributed by atoms with van der Waals surface area (Å²) in [7, 11) is 1.45. The molecule has 0 unspecified atom stereocenters. The molecule has 2 amide bonds. The second-order valence-corrected chi connectivity index (χ2v) is 13.6. The molecule has 2 aliphatic heterocycles. The van der Waals surface area contributed by atoms with Crippen LogP contribution in [0.5, 0.6) is 5.75 Å². The number of nitrogens with two attached hydrogens (primary N) is 1. The molecule has 3 aromatic carbocycles. The van der Waals surface area contributed by atoms with Crippen molar-refractivity contribution in [2.45, 2.75) is 70.4 Å². The van der Waals surface area contributed by atoms with Crippen LogP contribution in [0.4, 0.5) is 15.8 Å². The number of rotatable bonds is 7. The number of halogens is 2. The van der Waals surface area contributed by atoms with Gasteiger partial charge >= 0.3 is 0 Å². The lowest BCUT2D eigenvalue weighted by molar-refractivity contribution is -0.118. The Morgan fingerprint density at radius 1 is 1.16 bits per heavy atom. The average molecular weight is 607 g/mol. The number of ether oxygens (including phenoxy) is 1. The lowest BCUT2D eigenvalue weighted by atomic mass is 9.63. The molecule has 5 N–H and O–H groups in total. The molecule has 0 aliphatic carbocycles. The van der Waals surface area contributed by atoms with E-state index in [1.165, 1.54) is 30.9 Å². The van der Waals surface area contributed by atoms with Crippen LogP contribution in [-0.2, 0) is 10.2 Å². The molecule has 2 heterocycles. The van der Waals surface area contributed by atoms with Gasteiger partial charge < -0.3 is 26.4 Å². The van der Waals surface area contributed by atoms with Crippen LogP contribution in [0.3, 0.4) is 0 Å². The highest BCUT2D eigenvalue weighted by Gasteiger charge is 2.61. The fraction of sp³-hybridized carbons (Fsp3) is 0.412. The van der Waals surface area contributed by atoms with Gasteiger partial charge in [0.05, 0.1) is 23.9 Å². The van der Waals surface area contributed by atoms with Crippen LogP contribution < -0.4 is 26.4 Å². The topological polar surface area (TPSA) is 105 Å². The summed E-state index contributed by atoms with van der Waals surface area (Å²) in [5.41, 5.74) is 8.98. The van der Waals surface area contributed by atoms with Gasteiger partial charge in [0.1, 0.15) is 11.6 Å². The monoisotopic (exact) mass is 606 g/mol. The van der Waals surface area contributed by atoms with Crippen LogP contribution in [0.2, 0.25) is 5.02 Å². The molecule has 3 aromatic rings. The Morgan fingerprint density at radius 2 is 1.91 bits per heavy atom. The highest BCUT2D eigenvalue weighted by molar-refractivity contribution is 6.30. The highest BCUT2D eigenvalue weighted by atomic mass is 35.5. The quantitative estimate of drug-likeness (QED) is 0.243. The number of anilines is 2. The summed E-state index contributed by atoms with van der Waals surface area (Å²) >= 11 is 6.36. The second kappa shape index (κ2) is 11.5. The van der Waals surface area contributed by atoms with Gasteiger partial charge in [0.2, 0.25) is 11.8 Å². The molecule has 7 nitrogen and oxygen atoms in total. The number of methoxy groups -OCH3 is 1. The summed E-state index contributed by atoms with van der Waals surface area (Å²) in [6, 6.07) is 15.1. The van der Waals surface area contributed by atoms with E-state index in [4.69, 9.17) is 22.1 Å². The number of hydrogen-bond acceptors (Lipinski definition) is 5. The molecule has 9 heteroatoms. The van der Waals surface area contributed by atoms with Gasteiger partial charge in [-0.15, -0.1) is 0 Å². The molecular weight excluding hydrogens is 567 g/mol. The first-order chi connectivity index (χ1) is 20.3. The predicted molar refractivity (Wildman–Crippen MR) is 170 cm³/mol. The Bertz CT molecular complexity index is 1570. The number of primary amides is 1. The zero-order chi connectivity index (χ0) is 31.3. The van der Waals surface area contributed by atoms with E-state index in [-0.39, 0.29) is 28.0 Å². The summed E-state index contributed by atoms with van der Waals surface area (Å²) in [6.45, 7) is 11.3. The van der Waals surface area contributed by atoms with Gasteiger partial charge in [-0.05, 0) is 64.8 Å². The van der Waals surface area contributed by atoms with Gasteiger partial charge in [-0.25, -0.2) is 4.39 Å². The molecule has 1 fully saturated rings. The molecule has 0 saturated carbocycles. The van der Waals surface area contributed by atoms with Crippen LogP contribution in [0.25, 0.3) is 0 Å². The minimum atomic E-state index is -0.821. The normalized spacial score (nSPS) is 22.9. The third-order valence-electron chi connectivity index (χ3n) is 8.83. The average Bonchev–Trinajstić information content (AvgIpc) is 3.48. The first-order valence-electron chi connectivity index (χ1n) is 14.6. The number of amides is 2. The van der Waals surface area contributed by atoms with E-state index >= 15 is 4.39 Å². The van der Waals surface area contributed by atoms with Crippen molar-refractivity contribution in [1.82, 2.24) is 5.32 Å². The summed E-state index contributed by atoms with van der Waals surface area (Å²) in [6.07, 6.45) is 0.735. The van der Waals surface area contributed by atoms with Crippen molar-refractivity contribution in [3.05, 3.63) is 87.7 Å². The molecule has 0 aromatic heterocycles. The number of benzene rings is 3. The maximum atomic E-state index is 16.0. The summed E-state index contributed by atoms with van der Waals surface area (Å²) in [5, 5.41) is 10.3. The summed E-state index contributed by atoms with van der Waals surface area (Å²) in [4.78, 5) is 26.0. The molecule has 228 valence electrons. The van der Waals surface area contributed by atoms with Crippen molar-refractivity contribution in [1.29, 1.82) is 0 Å². The van der Waals surface area contributed by atoms with Crippen LogP contribution in [-0.4, -0.2) is 37.6 Å². The Balaban J connectivity index is 1.67. The van der Waals surface area contributed by atoms with Gasteiger partial charge in [-0.3, -0.25) is 9.59 Å². The number of hydrogen-bond donors (Lipinski definition) is 4. The van der Waals surface area contributed by atoms with Crippen LogP contribution in [0.15, 0.2) is 54.6 Å². The molecule has 2 aliphatic rings. The Morgan fingerprint density at radius 3 is 2.56 bits per heavy atom. The lowest BCUT2D eigenvalue weighted by Crippen LogP contribution is -2.46. The summed E-state index contributed by atoms with van der Waals surface area (Å²) in [5.74, 6) is -1.45. The van der Waals surface area contributed by atoms with Crippen molar-refractivity contribution in [2.24, 2.45) is 11.1 Å². The van der Waals surface area contributed by atoms with Crippen molar-refractivity contribution < 1.29 is 18.7 Å². The van der Waals surface area contributed by atoms with E-state index < -0.39 is 29.1 Å². The number of fused-ring (bicyclic) bond motifs is 2. The maximum Gasteiger partial charge on any atom is 0.248 e. The van der Waals surface area contributed by atoms with Gasteiger partial charge in [-0.1, -0.05) is 70.5 Å². The predicted octanol–water partition coefficient (Wildman–Crippen LogP) is 6.57. The first kappa shape index (κ1) is 30.8. The zero-order valence-electron chi connectivity index (χ0n) is 25.5. The van der Waals surface area contributed by atoms with Crippen molar-refractivity contribution in [3.8, 4) is 5.75 Å². The first-order valence-corrected chi connectivity index (χ1v) is 15.0. The molecule has 4 atom stereocenters. The van der Waals surface area contributed by atoms with Crippen molar-refractivity contribution >= 4 is 34.8 Å². The zero-order valence-corrected chi connectivity index (χ0v) is 26.2. The molecule has 1 spiro atoms.